The summed E-state index contributed by atoms with van der Waals surface area (Å²) in [5.41, 5.74) is 0.466. The number of carbonyl (C=O) groups excluding carboxylic acids is 3. The quantitative estimate of drug-likeness (QED) is 0.849. The van der Waals surface area contributed by atoms with Crippen LogP contribution in [0, 0.1) is 11.7 Å². The molecule has 3 fully saturated rings. The molecule has 0 bridgehead atoms. The molecule has 6 nitrogen and oxygen atoms in total. The van der Waals surface area contributed by atoms with Gasteiger partial charge in [0.2, 0.25) is 17.7 Å². The van der Waals surface area contributed by atoms with E-state index in [1.807, 2.05) is 0 Å². The first kappa shape index (κ1) is 17.9. The maximum Gasteiger partial charge on any atom is 0.243 e. The number of hydrogen-bond acceptors (Lipinski definition) is 3. The Labute approximate surface area is 157 Å². The summed E-state index contributed by atoms with van der Waals surface area (Å²) >= 11 is 0. The fourth-order valence-electron chi connectivity index (χ4n) is 4.22. The Kier molecular flexibility index (Phi) is 4.85. The van der Waals surface area contributed by atoms with Gasteiger partial charge >= 0.3 is 0 Å². The normalized spacial score (nSPS) is 27.5. The third-order valence-electron chi connectivity index (χ3n) is 5.74. The summed E-state index contributed by atoms with van der Waals surface area (Å²) in [4.78, 5) is 39.8. The number of benzene rings is 1. The number of nitrogens with one attached hydrogen (secondary N) is 2. The molecule has 0 aromatic heterocycles. The molecule has 2 aliphatic carbocycles. The summed E-state index contributed by atoms with van der Waals surface area (Å²) < 4.78 is 13.0. The van der Waals surface area contributed by atoms with Crippen LogP contribution < -0.4 is 10.6 Å². The molecular formula is C20H24FN3O3. The predicted molar refractivity (Wildman–Crippen MR) is 97.2 cm³/mol. The SMILES string of the molecule is O=C(C[C@@H]1C(=O)N[C@@H]2CCCC[C@@H]2N1C(=O)C1CC1)Nc1ccc(F)cc1. The molecule has 0 unspecified atom stereocenters. The molecular weight excluding hydrogens is 349 g/mol. The molecule has 1 aromatic rings. The van der Waals surface area contributed by atoms with Crippen LogP contribution in [0.1, 0.15) is 44.9 Å². The van der Waals surface area contributed by atoms with Crippen molar-refractivity contribution < 1.29 is 18.8 Å². The van der Waals surface area contributed by atoms with Crippen molar-refractivity contribution in [2.45, 2.75) is 63.1 Å². The molecule has 0 radical (unpaired) electrons. The first-order valence-corrected chi connectivity index (χ1v) is 9.71. The van der Waals surface area contributed by atoms with Crippen LogP contribution in [0.3, 0.4) is 0 Å². The van der Waals surface area contributed by atoms with Crippen molar-refractivity contribution >= 4 is 23.4 Å². The van der Waals surface area contributed by atoms with Gasteiger partial charge in [0.15, 0.2) is 0 Å². The lowest BCUT2D eigenvalue weighted by molar-refractivity contribution is -0.152. The fraction of sp³-hybridized carbons (Fsp3) is 0.550. The van der Waals surface area contributed by atoms with Gasteiger partial charge in [0, 0.05) is 17.6 Å². The lowest BCUT2D eigenvalue weighted by atomic mass is 9.85. The first-order valence-electron chi connectivity index (χ1n) is 9.71. The number of halogens is 1. The van der Waals surface area contributed by atoms with Crippen molar-refractivity contribution in [3.05, 3.63) is 30.1 Å². The molecule has 3 aliphatic rings. The topological polar surface area (TPSA) is 78.5 Å². The highest BCUT2D eigenvalue weighted by Crippen LogP contribution is 2.37. The lowest BCUT2D eigenvalue weighted by Crippen LogP contribution is -2.68. The summed E-state index contributed by atoms with van der Waals surface area (Å²) in [6, 6.07) is 4.66. The van der Waals surface area contributed by atoms with Gasteiger partial charge in [0.1, 0.15) is 11.9 Å². The zero-order valence-electron chi connectivity index (χ0n) is 15.1. The first-order chi connectivity index (χ1) is 13.0. The summed E-state index contributed by atoms with van der Waals surface area (Å²) in [6.07, 6.45) is 5.44. The Balaban J connectivity index is 1.51. The zero-order chi connectivity index (χ0) is 19.0. The molecule has 2 saturated carbocycles. The Morgan fingerprint density at radius 2 is 1.81 bits per heavy atom. The van der Waals surface area contributed by atoms with Gasteiger partial charge in [-0.05, 0) is 49.9 Å². The zero-order valence-corrected chi connectivity index (χ0v) is 15.1. The number of hydrogen-bond donors (Lipinski definition) is 2. The molecule has 0 spiro atoms. The second kappa shape index (κ2) is 7.29. The number of carbonyl (C=O) groups is 3. The minimum absolute atomic E-state index is 0.00105. The number of piperazine rings is 1. The molecule has 3 atom stereocenters. The van der Waals surface area contributed by atoms with Crippen molar-refractivity contribution in [2.75, 3.05) is 5.32 Å². The van der Waals surface area contributed by atoms with E-state index in [0.717, 1.165) is 38.5 Å². The van der Waals surface area contributed by atoms with Crippen molar-refractivity contribution in [3.8, 4) is 0 Å². The van der Waals surface area contributed by atoms with Crippen LogP contribution in [0.5, 0.6) is 0 Å². The highest BCUT2D eigenvalue weighted by Gasteiger charge is 2.48. The van der Waals surface area contributed by atoms with Crippen LogP contribution in [0.15, 0.2) is 24.3 Å². The second-order valence-corrected chi connectivity index (χ2v) is 7.76. The second-order valence-electron chi connectivity index (χ2n) is 7.76. The minimum Gasteiger partial charge on any atom is -0.349 e. The molecule has 144 valence electrons. The van der Waals surface area contributed by atoms with Crippen molar-refractivity contribution in [3.63, 3.8) is 0 Å². The Bertz CT molecular complexity index is 747. The third-order valence-corrected chi connectivity index (χ3v) is 5.74. The molecule has 1 saturated heterocycles. The van der Waals surface area contributed by atoms with Gasteiger partial charge in [-0.15, -0.1) is 0 Å². The number of nitrogens with zero attached hydrogens (tertiary/aromatic N) is 1. The largest absolute Gasteiger partial charge is 0.349 e. The maximum atomic E-state index is 13.0. The highest BCUT2D eigenvalue weighted by molar-refractivity contribution is 5.98. The molecule has 4 rings (SSSR count). The molecule has 3 amide bonds. The average molecular weight is 373 g/mol. The number of fused-ring (bicyclic) bond motifs is 1. The van der Waals surface area contributed by atoms with Gasteiger partial charge in [-0.1, -0.05) is 12.8 Å². The Hall–Kier alpha value is -2.44. The number of amides is 3. The van der Waals surface area contributed by atoms with E-state index in [4.69, 9.17) is 0 Å². The van der Waals surface area contributed by atoms with Crippen LogP contribution in [-0.4, -0.2) is 40.7 Å². The number of rotatable bonds is 4. The van der Waals surface area contributed by atoms with Crippen molar-refractivity contribution in [1.82, 2.24) is 10.2 Å². The molecule has 27 heavy (non-hydrogen) atoms. The van der Waals surface area contributed by atoms with E-state index in [1.54, 1.807) is 4.90 Å². The van der Waals surface area contributed by atoms with Gasteiger partial charge in [0.25, 0.3) is 0 Å². The van der Waals surface area contributed by atoms with E-state index >= 15 is 0 Å². The van der Waals surface area contributed by atoms with E-state index in [0.29, 0.717) is 5.69 Å². The molecule has 7 heteroatoms. The van der Waals surface area contributed by atoms with Gasteiger partial charge in [-0.2, -0.15) is 0 Å². The lowest BCUT2D eigenvalue weighted by Gasteiger charge is -2.48. The van der Waals surface area contributed by atoms with Crippen LogP contribution in [0.4, 0.5) is 10.1 Å². The summed E-state index contributed by atoms with van der Waals surface area (Å²) in [5.74, 6) is -0.974. The van der Waals surface area contributed by atoms with E-state index in [-0.39, 0.29) is 48.0 Å². The van der Waals surface area contributed by atoms with Crippen LogP contribution in [-0.2, 0) is 14.4 Å². The third kappa shape index (κ3) is 3.82. The highest BCUT2D eigenvalue weighted by atomic mass is 19.1. The minimum atomic E-state index is -0.780. The maximum absolute atomic E-state index is 13.0. The van der Waals surface area contributed by atoms with Crippen molar-refractivity contribution in [2.24, 2.45) is 5.92 Å². The molecule has 1 heterocycles. The predicted octanol–water partition coefficient (Wildman–Crippen LogP) is 2.20. The Morgan fingerprint density at radius 3 is 2.52 bits per heavy atom. The molecule has 1 aromatic carbocycles. The van der Waals surface area contributed by atoms with E-state index < -0.39 is 6.04 Å². The Morgan fingerprint density at radius 1 is 1.11 bits per heavy atom. The smallest absolute Gasteiger partial charge is 0.243 e. The molecule has 2 N–H and O–H groups in total. The summed E-state index contributed by atoms with van der Waals surface area (Å²) in [6.45, 7) is 0. The standard InChI is InChI=1S/C20H24FN3O3/c21-13-7-9-14(10-8-13)22-18(25)11-17-19(26)23-15-3-1-2-4-16(15)24(17)20(27)12-5-6-12/h7-10,12,15-17H,1-6,11H2,(H,22,25)(H,23,26)/t15-,16+,17-/m1/s1. The van der Waals surface area contributed by atoms with E-state index in [1.165, 1.54) is 24.3 Å². The van der Waals surface area contributed by atoms with Crippen LogP contribution in [0.2, 0.25) is 0 Å². The summed E-state index contributed by atoms with van der Waals surface area (Å²) in [5, 5.41) is 5.72. The average Bonchev–Trinajstić information content (AvgIpc) is 3.49. The fourth-order valence-corrected chi connectivity index (χ4v) is 4.22. The van der Waals surface area contributed by atoms with E-state index in [9.17, 15) is 18.8 Å². The van der Waals surface area contributed by atoms with E-state index in [2.05, 4.69) is 10.6 Å². The molecule has 1 aliphatic heterocycles. The van der Waals surface area contributed by atoms with Gasteiger partial charge in [0.05, 0.1) is 12.5 Å². The van der Waals surface area contributed by atoms with Gasteiger partial charge in [-0.3, -0.25) is 14.4 Å². The van der Waals surface area contributed by atoms with Crippen LogP contribution >= 0.6 is 0 Å². The number of anilines is 1. The van der Waals surface area contributed by atoms with Crippen LogP contribution in [0.25, 0.3) is 0 Å². The van der Waals surface area contributed by atoms with Crippen molar-refractivity contribution in [1.29, 1.82) is 0 Å². The van der Waals surface area contributed by atoms with Gasteiger partial charge < -0.3 is 15.5 Å². The summed E-state index contributed by atoms with van der Waals surface area (Å²) in [7, 11) is 0. The van der Waals surface area contributed by atoms with Gasteiger partial charge in [-0.25, -0.2) is 4.39 Å². The monoisotopic (exact) mass is 373 g/mol.